The fraction of sp³-hybridized carbons (Fsp3) is 0.0800. The third-order valence-electron chi connectivity index (χ3n) is 4.46. The number of amides is 2. The Hall–Kier alpha value is -3.77. The number of benzene rings is 3. The molecule has 0 aliphatic carbocycles. The van der Waals surface area contributed by atoms with Gasteiger partial charge in [-0.05, 0) is 48.5 Å². The molecule has 3 aromatic rings. The Morgan fingerprint density at radius 1 is 0.903 bits per heavy atom. The van der Waals surface area contributed by atoms with Gasteiger partial charge in [-0.1, -0.05) is 72.3 Å². The lowest BCUT2D eigenvalue weighted by Gasteiger charge is -2.13. The fourth-order valence-electron chi connectivity index (χ4n) is 2.82. The minimum absolute atomic E-state index is 0.113. The summed E-state index contributed by atoms with van der Waals surface area (Å²) in [6.07, 6.45) is 3.12. The molecule has 0 bridgehead atoms. The lowest BCUT2D eigenvalue weighted by atomic mass is 10.1. The normalized spacial score (nSPS) is 10.5. The Morgan fingerprint density at radius 3 is 2.32 bits per heavy atom. The summed E-state index contributed by atoms with van der Waals surface area (Å²) >= 11 is 5.24. The fourth-order valence-corrected chi connectivity index (χ4v) is 3.03. The van der Waals surface area contributed by atoms with Gasteiger partial charge < -0.3 is 10.6 Å². The van der Waals surface area contributed by atoms with E-state index in [9.17, 15) is 9.59 Å². The summed E-state index contributed by atoms with van der Waals surface area (Å²) in [6.45, 7) is 2.42. The molecule has 3 aromatic carbocycles. The molecule has 0 radical (unpaired) electrons. The summed E-state index contributed by atoms with van der Waals surface area (Å²) in [5, 5.41) is 8.53. The minimum Gasteiger partial charge on any atom is -0.348 e. The van der Waals surface area contributed by atoms with E-state index < -0.39 is 0 Å². The van der Waals surface area contributed by atoms with Crippen LogP contribution in [0.4, 0.5) is 5.69 Å². The molecule has 3 rings (SSSR count). The molecule has 0 aliphatic heterocycles. The van der Waals surface area contributed by atoms with Crippen molar-refractivity contribution in [1.82, 2.24) is 10.6 Å². The lowest BCUT2D eigenvalue weighted by Crippen LogP contribution is -2.33. The first-order valence-electron chi connectivity index (χ1n) is 9.79. The zero-order valence-electron chi connectivity index (χ0n) is 17.1. The molecule has 0 heterocycles. The summed E-state index contributed by atoms with van der Waals surface area (Å²) in [7, 11) is 0. The zero-order chi connectivity index (χ0) is 22.1. The molecule has 0 atom stereocenters. The van der Waals surface area contributed by atoms with Gasteiger partial charge in [-0.25, -0.2) is 0 Å². The summed E-state index contributed by atoms with van der Waals surface area (Å²) in [6, 6.07) is 24.5. The smallest absolute Gasteiger partial charge is 0.253 e. The van der Waals surface area contributed by atoms with E-state index in [1.54, 1.807) is 30.3 Å². The minimum atomic E-state index is -0.357. The molecule has 3 N–H and O–H groups in total. The molecular formula is C25H23N3O2S. The molecule has 0 unspecified atom stereocenters. The molecule has 0 saturated carbocycles. The monoisotopic (exact) mass is 429 g/mol. The van der Waals surface area contributed by atoms with Crippen LogP contribution in [0, 0.1) is 6.92 Å². The van der Waals surface area contributed by atoms with Crippen molar-refractivity contribution >= 4 is 40.9 Å². The van der Waals surface area contributed by atoms with Gasteiger partial charge in [0.15, 0.2) is 5.11 Å². The van der Waals surface area contributed by atoms with E-state index in [0.717, 1.165) is 16.7 Å². The molecule has 0 fully saturated rings. The van der Waals surface area contributed by atoms with E-state index >= 15 is 0 Å². The van der Waals surface area contributed by atoms with Crippen LogP contribution < -0.4 is 16.0 Å². The van der Waals surface area contributed by atoms with Crippen LogP contribution in [0.1, 0.15) is 27.0 Å². The molecular weight excluding hydrogens is 406 g/mol. The second-order valence-corrected chi connectivity index (χ2v) is 7.31. The maximum atomic E-state index is 12.6. The first kappa shape index (κ1) is 21.9. The van der Waals surface area contributed by atoms with Crippen LogP contribution in [0.5, 0.6) is 0 Å². The standard InChI is InChI=1S/C25H23N3O2S/c1-18-11-13-19(14-12-18)15-16-23(29)28-25(31)27-22-10-6-5-9-21(22)24(30)26-17-20-7-3-2-4-8-20/h2-16H,17H2,1H3,(H,26,30)(H2,27,28,29,31)/b16-15+. The molecule has 0 spiro atoms. The lowest BCUT2D eigenvalue weighted by molar-refractivity contribution is -0.115. The number of rotatable bonds is 6. The third-order valence-corrected chi connectivity index (χ3v) is 4.66. The van der Waals surface area contributed by atoms with Gasteiger partial charge in [0.25, 0.3) is 5.91 Å². The van der Waals surface area contributed by atoms with Crippen molar-refractivity contribution in [3.63, 3.8) is 0 Å². The number of para-hydroxylation sites is 1. The number of nitrogens with one attached hydrogen (secondary N) is 3. The van der Waals surface area contributed by atoms with Crippen LogP contribution in [0.15, 0.2) is 84.9 Å². The van der Waals surface area contributed by atoms with Crippen molar-refractivity contribution < 1.29 is 9.59 Å². The van der Waals surface area contributed by atoms with Crippen LogP contribution in [-0.4, -0.2) is 16.9 Å². The maximum Gasteiger partial charge on any atom is 0.253 e. The van der Waals surface area contributed by atoms with Crippen molar-refractivity contribution in [3.8, 4) is 0 Å². The van der Waals surface area contributed by atoms with Gasteiger partial charge in [-0.2, -0.15) is 0 Å². The number of anilines is 1. The van der Waals surface area contributed by atoms with Crippen molar-refractivity contribution in [2.75, 3.05) is 5.32 Å². The molecule has 6 heteroatoms. The maximum absolute atomic E-state index is 12.6. The number of carbonyl (C=O) groups is 2. The zero-order valence-corrected chi connectivity index (χ0v) is 17.9. The first-order chi connectivity index (χ1) is 15.0. The van der Waals surface area contributed by atoms with Crippen molar-refractivity contribution in [3.05, 3.63) is 107 Å². The van der Waals surface area contributed by atoms with E-state index in [-0.39, 0.29) is 16.9 Å². The molecule has 2 amide bonds. The predicted octanol–water partition coefficient (Wildman–Crippen LogP) is 4.45. The number of hydrogen-bond acceptors (Lipinski definition) is 3. The SMILES string of the molecule is Cc1ccc(/C=C/C(=O)NC(=S)Nc2ccccc2C(=O)NCc2ccccc2)cc1. The predicted molar refractivity (Wildman–Crippen MR) is 129 cm³/mol. The van der Waals surface area contributed by atoms with Gasteiger partial charge in [0.1, 0.15) is 0 Å². The number of thiocarbonyl (C=S) groups is 1. The highest BCUT2D eigenvalue weighted by molar-refractivity contribution is 7.80. The number of aryl methyl sites for hydroxylation is 1. The average molecular weight is 430 g/mol. The topological polar surface area (TPSA) is 70.2 Å². The molecule has 156 valence electrons. The molecule has 0 saturated heterocycles. The van der Waals surface area contributed by atoms with Gasteiger partial charge in [0.05, 0.1) is 11.3 Å². The Bertz CT molecular complexity index is 1090. The van der Waals surface area contributed by atoms with Crippen LogP contribution in [0.3, 0.4) is 0 Å². The van der Waals surface area contributed by atoms with Gasteiger partial charge >= 0.3 is 0 Å². The van der Waals surface area contributed by atoms with Gasteiger partial charge in [0.2, 0.25) is 5.91 Å². The highest BCUT2D eigenvalue weighted by Gasteiger charge is 2.12. The second kappa shape index (κ2) is 10.8. The van der Waals surface area contributed by atoms with E-state index in [2.05, 4.69) is 16.0 Å². The molecule has 31 heavy (non-hydrogen) atoms. The van der Waals surface area contributed by atoms with Crippen molar-refractivity contribution in [2.45, 2.75) is 13.5 Å². The van der Waals surface area contributed by atoms with Crippen molar-refractivity contribution in [2.24, 2.45) is 0 Å². The number of carbonyl (C=O) groups excluding carboxylic acids is 2. The van der Waals surface area contributed by atoms with E-state index in [1.807, 2.05) is 61.5 Å². The van der Waals surface area contributed by atoms with Crippen LogP contribution in [0.25, 0.3) is 6.08 Å². The highest BCUT2D eigenvalue weighted by atomic mass is 32.1. The largest absolute Gasteiger partial charge is 0.348 e. The molecule has 0 aromatic heterocycles. The van der Waals surface area contributed by atoms with Gasteiger partial charge in [-0.15, -0.1) is 0 Å². The van der Waals surface area contributed by atoms with E-state index in [0.29, 0.717) is 17.8 Å². The number of hydrogen-bond donors (Lipinski definition) is 3. The van der Waals surface area contributed by atoms with Crippen LogP contribution in [0.2, 0.25) is 0 Å². The van der Waals surface area contributed by atoms with Crippen molar-refractivity contribution in [1.29, 1.82) is 0 Å². The van der Waals surface area contributed by atoms with Crippen LogP contribution >= 0.6 is 12.2 Å². The quantitative estimate of drug-likeness (QED) is 0.400. The summed E-state index contributed by atoms with van der Waals surface area (Å²) in [4.78, 5) is 24.8. The van der Waals surface area contributed by atoms with Gasteiger partial charge in [0, 0.05) is 12.6 Å². The average Bonchev–Trinajstić information content (AvgIpc) is 2.78. The Morgan fingerprint density at radius 2 is 1.58 bits per heavy atom. The summed E-state index contributed by atoms with van der Waals surface area (Å²) < 4.78 is 0. The van der Waals surface area contributed by atoms with Gasteiger partial charge in [-0.3, -0.25) is 14.9 Å². The summed E-state index contributed by atoms with van der Waals surface area (Å²) in [5.41, 5.74) is 4.02. The molecule has 5 nitrogen and oxygen atoms in total. The third kappa shape index (κ3) is 6.90. The first-order valence-corrected chi connectivity index (χ1v) is 10.2. The Kier molecular flexibility index (Phi) is 7.67. The van der Waals surface area contributed by atoms with E-state index in [1.165, 1.54) is 6.08 Å². The highest BCUT2D eigenvalue weighted by Crippen LogP contribution is 2.15. The Balaban J connectivity index is 1.57. The summed E-state index contributed by atoms with van der Waals surface area (Å²) in [5.74, 6) is -0.593. The molecule has 0 aliphatic rings. The second-order valence-electron chi connectivity index (χ2n) is 6.90. The van der Waals surface area contributed by atoms with E-state index in [4.69, 9.17) is 12.2 Å². The van der Waals surface area contributed by atoms with Crippen LogP contribution in [-0.2, 0) is 11.3 Å². The Labute approximate surface area is 187 Å².